The van der Waals surface area contributed by atoms with Crippen LogP contribution in [0, 0.1) is 11.2 Å². The highest BCUT2D eigenvalue weighted by Gasteiger charge is 2.41. The number of ether oxygens (including phenoxy) is 1. The van der Waals surface area contributed by atoms with Gasteiger partial charge in [-0.05, 0) is 37.0 Å². The van der Waals surface area contributed by atoms with Crippen molar-refractivity contribution in [3.63, 3.8) is 0 Å². The summed E-state index contributed by atoms with van der Waals surface area (Å²) in [5, 5.41) is 0. The Hall–Kier alpha value is -0.920. The Balaban J connectivity index is 0.00000182. The Bertz CT molecular complexity index is 583. The standard InChI is InChI=1S/C19H28FN3O2.2ClH/c20-17-4-2-16(3-5-17)14-22-8-1-9-23(11-10-22)18(24)19(15-21)6-12-25-13-7-19;;/h2-5H,1,6-15,21H2;2*1H. The van der Waals surface area contributed by atoms with E-state index in [0.29, 0.717) is 19.8 Å². The van der Waals surface area contributed by atoms with Crippen LogP contribution in [0.3, 0.4) is 0 Å². The molecule has 0 radical (unpaired) electrons. The van der Waals surface area contributed by atoms with Crippen molar-refractivity contribution >= 4 is 30.7 Å². The number of carbonyl (C=O) groups excluding carboxylic acids is 1. The predicted molar refractivity (Wildman–Crippen MR) is 109 cm³/mol. The van der Waals surface area contributed by atoms with Gasteiger partial charge in [0.2, 0.25) is 5.91 Å². The fraction of sp³-hybridized carbons (Fsp3) is 0.632. The number of amides is 1. The zero-order valence-corrected chi connectivity index (χ0v) is 17.2. The molecule has 0 atom stereocenters. The topological polar surface area (TPSA) is 58.8 Å². The van der Waals surface area contributed by atoms with Crippen molar-refractivity contribution in [3.8, 4) is 0 Å². The summed E-state index contributed by atoms with van der Waals surface area (Å²) >= 11 is 0. The lowest BCUT2D eigenvalue weighted by molar-refractivity contribution is -0.147. The van der Waals surface area contributed by atoms with Crippen LogP contribution >= 0.6 is 24.8 Å². The van der Waals surface area contributed by atoms with E-state index in [4.69, 9.17) is 10.5 Å². The van der Waals surface area contributed by atoms with E-state index in [0.717, 1.165) is 57.5 Å². The molecule has 0 spiro atoms. The molecule has 0 saturated carbocycles. The van der Waals surface area contributed by atoms with Gasteiger partial charge in [-0.2, -0.15) is 0 Å². The number of nitrogens with zero attached hydrogens (tertiary/aromatic N) is 2. The number of hydrogen-bond acceptors (Lipinski definition) is 4. The monoisotopic (exact) mass is 421 g/mol. The van der Waals surface area contributed by atoms with Crippen molar-refractivity contribution in [1.82, 2.24) is 9.80 Å². The minimum absolute atomic E-state index is 0. The van der Waals surface area contributed by atoms with E-state index in [-0.39, 0.29) is 36.5 Å². The first-order valence-electron chi connectivity index (χ1n) is 9.17. The molecule has 2 fully saturated rings. The summed E-state index contributed by atoms with van der Waals surface area (Å²) in [4.78, 5) is 17.4. The lowest BCUT2D eigenvalue weighted by atomic mass is 9.79. The Morgan fingerprint density at radius 1 is 1.07 bits per heavy atom. The van der Waals surface area contributed by atoms with Gasteiger partial charge in [-0.15, -0.1) is 24.8 Å². The van der Waals surface area contributed by atoms with Crippen molar-refractivity contribution in [2.75, 3.05) is 45.9 Å². The molecule has 1 amide bonds. The summed E-state index contributed by atoms with van der Waals surface area (Å²) < 4.78 is 18.5. The van der Waals surface area contributed by atoms with Gasteiger partial charge in [0.25, 0.3) is 0 Å². The van der Waals surface area contributed by atoms with Gasteiger partial charge in [-0.3, -0.25) is 9.69 Å². The highest BCUT2D eigenvalue weighted by Crippen LogP contribution is 2.32. The van der Waals surface area contributed by atoms with Gasteiger partial charge in [0.15, 0.2) is 0 Å². The first-order chi connectivity index (χ1) is 12.1. The Labute approximate surface area is 173 Å². The van der Waals surface area contributed by atoms with E-state index >= 15 is 0 Å². The second kappa shape index (κ2) is 11.2. The fourth-order valence-electron chi connectivity index (χ4n) is 3.78. The summed E-state index contributed by atoms with van der Waals surface area (Å²) in [6.45, 7) is 5.70. The van der Waals surface area contributed by atoms with Crippen LogP contribution in [-0.2, 0) is 16.1 Å². The number of nitrogens with two attached hydrogens (primary N) is 1. The molecule has 0 aromatic heterocycles. The zero-order valence-electron chi connectivity index (χ0n) is 15.6. The lowest BCUT2D eigenvalue weighted by Gasteiger charge is -2.38. The smallest absolute Gasteiger partial charge is 0.230 e. The molecule has 0 aliphatic carbocycles. The van der Waals surface area contributed by atoms with Crippen LogP contribution in [0.2, 0.25) is 0 Å². The van der Waals surface area contributed by atoms with E-state index < -0.39 is 5.41 Å². The molecule has 8 heteroatoms. The molecule has 0 bridgehead atoms. The second-order valence-electron chi connectivity index (χ2n) is 7.15. The number of benzene rings is 1. The van der Waals surface area contributed by atoms with Crippen LogP contribution in [0.5, 0.6) is 0 Å². The molecule has 27 heavy (non-hydrogen) atoms. The molecule has 5 nitrogen and oxygen atoms in total. The van der Waals surface area contributed by atoms with Gasteiger partial charge in [-0.1, -0.05) is 12.1 Å². The second-order valence-corrected chi connectivity index (χ2v) is 7.15. The maximum Gasteiger partial charge on any atom is 0.230 e. The van der Waals surface area contributed by atoms with Gasteiger partial charge < -0.3 is 15.4 Å². The summed E-state index contributed by atoms with van der Waals surface area (Å²) in [6.07, 6.45) is 2.39. The zero-order chi connectivity index (χ0) is 17.7. The van der Waals surface area contributed by atoms with E-state index in [1.54, 1.807) is 0 Å². The molecule has 154 valence electrons. The van der Waals surface area contributed by atoms with Gasteiger partial charge in [0, 0.05) is 52.5 Å². The first-order valence-corrected chi connectivity index (χ1v) is 9.17. The normalized spacial score (nSPS) is 20.1. The number of rotatable bonds is 4. The van der Waals surface area contributed by atoms with Crippen molar-refractivity contribution in [2.24, 2.45) is 11.1 Å². The maximum atomic E-state index is 13.1. The average Bonchev–Trinajstić information content (AvgIpc) is 2.89. The van der Waals surface area contributed by atoms with Crippen LogP contribution in [0.25, 0.3) is 0 Å². The summed E-state index contributed by atoms with van der Waals surface area (Å²) in [5.74, 6) is -0.0122. The third-order valence-corrected chi connectivity index (χ3v) is 5.49. The van der Waals surface area contributed by atoms with Crippen LogP contribution in [0.4, 0.5) is 4.39 Å². The van der Waals surface area contributed by atoms with Crippen LogP contribution in [0.1, 0.15) is 24.8 Å². The molecule has 2 aliphatic heterocycles. The van der Waals surface area contributed by atoms with E-state index in [1.807, 2.05) is 17.0 Å². The molecule has 1 aromatic rings. The molecule has 2 N–H and O–H groups in total. The van der Waals surface area contributed by atoms with Crippen molar-refractivity contribution in [1.29, 1.82) is 0 Å². The largest absolute Gasteiger partial charge is 0.381 e. The third kappa shape index (κ3) is 6.03. The van der Waals surface area contributed by atoms with E-state index in [2.05, 4.69) is 4.90 Å². The highest BCUT2D eigenvalue weighted by atomic mass is 35.5. The third-order valence-electron chi connectivity index (χ3n) is 5.49. The lowest BCUT2D eigenvalue weighted by Crippen LogP contribution is -2.51. The summed E-state index contributed by atoms with van der Waals surface area (Å²) in [7, 11) is 0. The Kier molecular flexibility index (Phi) is 9.98. The molecular formula is C19H30Cl2FN3O2. The van der Waals surface area contributed by atoms with Crippen molar-refractivity contribution in [2.45, 2.75) is 25.8 Å². The summed E-state index contributed by atoms with van der Waals surface area (Å²) in [5.41, 5.74) is 6.64. The summed E-state index contributed by atoms with van der Waals surface area (Å²) in [6, 6.07) is 6.65. The Morgan fingerprint density at radius 3 is 2.37 bits per heavy atom. The molecule has 2 saturated heterocycles. The molecule has 3 rings (SSSR count). The van der Waals surface area contributed by atoms with E-state index in [1.165, 1.54) is 12.1 Å². The van der Waals surface area contributed by atoms with Crippen LogP contribution in [0.15, 0.2) is 24.3 Å². The SMILES string of the molecule is Cl.Cl.NCC1(C(=O)N2CCCN(Cc3ccc(F)cc3)CC2)CCOCC1. The Morgan fingerprint density at radius 2 is 1.74 bits per heavy atom. The minimum atomic E-state index is -0.440. The van der Waals surface area contributed by atoms with Gasteiger partial charge >= 0.3 is 0 Å². The van der Waals surface area contributed by atoms with Gasteiger partial charge in [0.1, 0.15) is 5.82 Å². The molecule has 1 aromatic carbocycles. The van der Waals surface area contributed by atoms with Gasteiger partial charge in [-0.25, -0.2) is 4.39 Å². The number of carbonyl (C=O) groups is 1. The number of halogens is 3. The van der Waals surface area contributed by atoms with Gasteiger partial charge in [0.05, 0.1) is 5.41 Å². The van der Waals surface area contributed by atoms with Crippen LogP contribution < -0.4 is 5.73 Å². The van der Waals surface area contributed by atoms with Crippen LogP contribution in [-0.4, -0.2) is 61.6 Å². The fourth-order valence-corrected chi connectivity index (χ4v) is 3.78. The number of hydrogen-bond donors (Lipinski definition) is 1. The van der Waals surface area contributed by atoms with E-state index in [9.17, 15) is 9.18 Å². The first kappa shape index (κ1) is 24.1. The highest BCUT2D eigenvalue weighted by molar-refractivity contribution is 5.85. The van der Waals surface area contributed by atoms with Crippen molar-refractivity contribution < 1.29 is 13.9 Å². The molecule has 2 heterocycles. The predicted octanol–water partition coefficient (Wildman–Crippen LogP) is 2.46. The molecular weight excluding hydrogens is 392 g/mol. The molecule has 0 unspecified atom stereocenters. The minimum Gasteiger partial charge on any atom is -0.381 e. The van der Waals surface area contributed by atoms with Crippen molar-refractivity contribution in [3.05, 3.63) is 35.6 Å². The average molecular weight is 422 g/mol. The maximum absolute atomic E-state index is 13.1. The quantitative estimate of drug-likeness (QED) is 0.810. The molecule has 2 aliphatic rings.